The van der Waals surface area contributed by atoms with Crippen molar-refractivity contribution >= 4 is 27.3 Å². The van der Waals surface area contributed by atoms with Crippen molar-refractivity contribution in [2.24, 2.45) is 0 Å². The van der Waals surface area contributed by atoms with E-state index in [0.717, 1.165) is 37.9 Å². The lowest BCUT2D eigenvalue weighted by Crippen LogP contribution is -2.43. The summed E-state index contributed by atoms with van der Waals surface area (Å²) in [5, 5.41) is 5.06. The van der Waals surface area contributed by atoms with Crippen LogP contribution in [0.4, 0.5) is 0 Å². The van der Waals surface area contributed by atoms with E-state index in [1.54, 1.807) is 29.5 Å². The molecule has 2 aliphatic heterocycles. The van der Waals surface area contributed by atoms with Crippen molar-refractivity contribution in [3.8, 4) is 0 Å². The first kappa shape index (κ1) is 19.6. The van der Waals surface area contributed by atoms with E-state index in [4.69, 9.17) is 0 Å². The molecule has 0 unspecified atom stereocenters. The molecule has 1 fully saturated rings. The maximum atomic E-state index is 13.1. The molecule has 0 atom stereocenters. The monoisotopic (exact) mass is 419 g/mol. The van der Waals surface area contributed by atoms with E-state index in [1.807, 2.05) is 11.4 Å². The second-order valence-electron chi connectivity index (χ2n) is 7.54. The fourth-order valence-electron chi connectivity index (χ4n) is 3.80. The number of nitrogens with zero attached hydrogens (tertiary/aromatic N) is 2. The average Bonchev–Trinajstić information content (AvgIpc) is 3.17. The maximum absolute atomic E-state index is 13.1. The summed E-state index contributed by atoms with van der Waals surface area (Å²) in [4.78, 5) is 16.3. The molecular weight excluding hydrogens is 394 g/mol. The average molecular weight is 420 g/mol. The largest absolute Gasteiger partial charge is 0.349 e. The number of carbonyl (C=O) groups excluding carboxylic acids is 1. The Kier molecular flexibility index (Phi) is 5.55. The Labute approximate surface area is 170 Å². The van der Waals surface area contributed by atoms with Crippen molar-refractivity contribution in [3.63, 3.8) is 0 Å². The number of piperidine rings is 1. The minimum atomic E-state index is -3.63. The number of amides is 1. The molecular formula is C20H25N3O3S2. The fourth-order valence-corrected chi connectivity index (χ4v) is 6.15. The van der Waals surface area contributed by atoms with Gasteiger partial charge in [-0.05, 0) is 74.6 Å². The van der Waals surface area contributed by atoms with Crippen LogP contribution >= 0.6 is 11.3 Å². The molecule has 0 saturated carbocycles. The van der Waals surface area contributed by atoms with Gasteiger partial charge in [0.1, 0.15) is 0 Å². The Morgan fingerprint density at radius 2 is 1.96 bits per heavy atom. The summed E-state index contributed by atoms with van der Waals surface area (Å²) >= 11 is 1.68. The van der Waals surface area contributed by atoms with Gasteiger partial charge in [-0.15, -0.1) is 11.3 Å². The van der Waals surface area contributed by atoms with Gasteiger partial charge < -0.3 is 10.2 Å². The van der Waals surface area contributed by atoms with Crippen molar-refractivity contribution in [3.05, 3.63) is 51.7 Å². The number of sulfonamides is 1. The van der Waals surface area contributed by atoms with Crippen LogP contribution in [0.3, 0.4) is 0 Å². The van der Waals surface area contributed by atoms with Crippen LogP contribution in [0, 0.1) is 0 Å². The Hall–Kier alpha value is -1.74. The van der Waals surface area contributed by atoms with Crippen LogP contribution < -0.4 is 5.32 Å². The predicted octanol–water partition coefficient (Wildman–Crippen LogP) is 2.32. The van der Waals surface area contributed by atoms with Crippen molar-refractivity contribution in [1.82, 2.24) is 14.5 Å². The molecule has 1 N–H and O–H groups in total. The first-order valence-electron chi connectivity index (χ1n) is 9.58. The van der Waals surface area contributed by atoms with Crippen LogP contribution in [0.15, 0.2) is 40.6 Å². The molecule has 150 valence electrons. The number of hydrogen-bond donors (Lipinski definition) is 1. The third kappa shape index (κ3) is 4.00. The second kappa shape index (κ2) is 7.94. The number of benzene rings is 1. The molecule has 1 aromatic carbocycles. The number of rotatable bonds is 4. The quantitative estimate of drug-likeness (QED) is 0.826. The van der Waals surface area contributed by atoms with E-state index >= 15 is 0 Å². The topological polar surface area (TPSA) is 69.7 Å². The van der Waals surface area contributed by atoms with E-state index < -0.39 is 10.0 Å². The summed E-state index contributed by atoms with van der Waals surface area (Å²) in [6.45, 7) is 2.78. The smallest absolute Gasteiger partial charge is 0.251 e. The van der Waals surface area contributed by atoms with Crippen molar-refractivity contribution < 1.29 is 13.2 Å². The molecule has 0 spiro atoms. The fraction of sp³-hybridized carbons (Fsp3) is 0.450. The third-order valence-corrected chi connectivity index (χ3v) is 8.42. The zero-order valence-corrected chi connectivity index (χ0v) is 17.6. The summed E-state index contributed by atoms with van der Waals surface area (Å²) < 4.78 is 27.7. The standard InChI is InChI=1S/C20H25N3O3S2/c1-22-9-5-17(6-10-22)21-20(24)15-3-2-4-18(13-15)28(25,26)23-11-7-19-16(14-23)8-12-27-19/h2-4,8,12-13,17H,5-7,9-11,14H2,1H3,(H,21,24). The molecule has 6 nitrogen and oxygen atoms in total. The molecule has 4 rings (SSSR count). The maximum Gasteiger partial charge on any atom is 0.251 e. The number of likely N-dealkylation sites (tertiary alicyclic amines) is 1. The molecule has 1 saturated heterocycles. The highest BCUT2D eigenvalue weighted by Crippen LogP contribution is 2.28. The van der Waals surface area contributed by atoms with Crippen molar-refractivity contribution in [2.75, 3.05) is 26.7 Å². The lowest BCUT2D eigenvalue weighted by Gasteiger charge is -2.29. The highest BCUT2D eigenvalue weighted by atomic mass is 32.2. The van der Waals surface area contributed by atoms with Gasteiger partial charge in [0.2, 0.25) is 10.0 Å². The SMILES string of the molecule is CN1CCC(NC(=O)c2cccc(S(=O)(=O)N3CCc4sccc4C3)c2)CC1. The second-order valence-corrected chi connectivity index (χ2v) is 10.5. The van der Waals surface area contributed by atoms with Crippen LogP contribution in [0.1, 0.15) is 33.6 Å². The predicted molar refractivity (Wildman–Crippen MR) is 110 cm³/mol. The summed E-state index contributed by atoms with van der Waals surface area (Å²) in [7, 11) is -1.55. The van der Waals surface area contributed by atoms with Gasteiger partial charge in [0, 0.05) is 29.6 Å². The van der Waals surface area contributed by atoms with Crippen LogP contribution in [0.25, 0.3) is 0 Å². The molecule has 28 heavy (non-hydrogen) atoms. The molecule has 0 aliphatic carbocycles. The van der Waals surface area contributed by atoms with Gasteiger partial charge in [0.15, 0.2) is 0 Å². The van der Waals surface area contributed by atoms with Crippen LogP contribution in [0.5, 0.6) is 0 Å². The summed E-state index contributed by atoms with van der Waals surface area (Å²) in [5.41, 5.74) is 1.48. The Morgan fingerprint density at radius 3 is 2.75 bits per heavy atom. The number of hydrogen-bond acceptors (Lipinski definition) is 5. The molecule has 3 heterocycles. The van der Waals surface area contributed by atoms with E-state index in [0.29, 0.717) is 18.7 Å². The molecule has 0 bridgehead atoms. The third-order valence-electron chi connectivity index (χ3n) is 5.56. The van der Waals surface area contributed by atoms with Gasteiger partial charge in [-0.2, -0.15) is 4.31 Å². The van der Waals surface area contributed by atoms with Crippen molar-refractivity contribution in [2.45, 2.75) is 36.7 Å². The normalized spacial score (nSPS) is 19.3. The molecule has 2 aromatic rings. The summed E-state index contributed by atoms with van der Waals surface area (Å²) in [6.07, 6.45) is 2.57. The van der Waals surface area contributed by atoms with Crippen LogP contribution in [-0.2, 0) is 23.0 Å². The summed E-state index contributed by atoms with van der Waals surface area (Å²) in [6, 6.07) is 8.54. The molecule has 2 aliphatic rings. The zero-order valence-electron chi connectivity index (χ0n) is 15.9. The first-order valence-corrected chi connectivity index (χ1v) is 11.9. The number of nitrogens with one attached hydrogen (secondary N) is 1. The molecule has 0 radical (unpaired) electrons. The Balaban J connectivity index is 1.49. The zero-order chi connectivity index (χ0) is 19.7. The van der Waals surface area contributed by atoms with E-state index in [1.165, 1.54) is 15.2 Å². The van der Waals surface area contributed by atoms with Gasteiger partial charge in [-0.3, -0.25) is 4.79 Å². The molecule has 1 aromatic heterocycles. The molecule has 8 heteroatoms. The molecule has 1 amide bonds. The number of carbonyl (C=O) groups is 1. The van der Waals surface area contributed by atoms with Crippen molar-refractivity contribution in [1.29, 1.82) is 0 Å². The van der Waals surface area contributed by atoms with Gasteiger partial charge in [0.05, 0.1) is 4.90 Å². The minimum absolute atomic E-state index is 0.142. The Morgan fingerprint density at radius 1 is 1.18 bits per heavy atom. The lowest BCUT2D eigenvalue weighted by atomic mass is 10.0. The first-order chi connectivity index (χ1) is 13.4. The Bertz CT molecular complexity index is 963. The highest BCUT2D eigenvalue weighted by Gasteiger charge is 2.29. The van der Waals surface area contributed by atoms with Gasteiger partial charge >= 0.3 is 0 Å². The summed E-state index contributed by atoms with van der Waals surface area (Å²) in [5.74, 6) is -0.203. The van der Waals surface area contributed by atoms with Gasteiger partial charge in [-0.25, -0.2) is 8.42 Å². The lowest BCUT2D eigenvalue weighted by molar-refractivity contribution is 0.0916. The van der Waals surface area contributed by atoms with Gasteiger partial charge in [0.25, 0.3) is 5.91 Å². The van der Waals surface area contributed by atoms with E-state index in [9.17, 15) is 13.2 Å². The van der Waals surface area contributed by atoms with E-state index in [-0.39, 0.29) is 16.8 Å². The number of fused-ring (bicyclic) bond motifs is 1. The number of thiophene rings is 1. The van der Waals surface area contributed by atoms with Crippen LogP contribution in [0.2, 0.25) is 0 Å². The minimum Gasteiger partial charge on any atom is -0.349 e. The van der Waals surface area contributed by atoms with Gasteiger partial charge in [-0.1, -0.05) is 6.07 Å². The van der Waals surface area contributed by atoms with E-state index in [2.05, 4.69) is 17.3 Å². The highest BCUT2D eigenvalue weighted by molar-refractivity contribution is 7.89. The van der Waals surface area contributed by atoms with Crippen LogP contribution in [-0.4, -0.2) is 56.3 Å².